The highest BCUT2D eigenvalue weighted by atomic mass is 16.5. The Morgan fingerprint density at radius 2 is 1.50 bits per heavy atom. The molecule has 0 aromatic rings. The van der Waals surface area contributed by atoms with Gasteiger partial charge in [0.15, 0.2) is 0 Å². The lowest BCUT2D eigenvalue weighted by molar-refractivity contribution is -0.126. The third kappa shape index (κ3) is 4.61. The lowest BCUT2D eigenvalue weighted by Gasteiger charge is -2.05. The van der Waals surface area contributed by atoms with Crippen molar-refractivity contribution in [3.63, 3.8) is 0 Å². The third-order valence-corrected chi connectivity index (χ3v) is 2.75. The van der Waals surface area contributed by atoms with Crippen molar-refractivity contribution in [3.8, 4) is 0 Å². The van der Waals surface area contributed by atoms with Crippen LogP contribution in [0.15, 0.2) is 0 Å². The first kappa shape index (κ1) is 11.5. The van der Waals surface area contributed by atoms with Crippen molar-refractivity contribution >= 4 is 5.91 Å². The lowest BCUT2D eigenvalue weighted by atomic mass is 10.0. The molecule has 82 valence electrons. The Labute approximate surface area is 86.0 Å². The van der Waals surface area contributed by atoms with Crippen molar-refractivity contribution in [1.82, 2.24) is 0 Å². The first-order chi connectivity index (χ1) is 6.80. The van der Waals surface area contributed by atoms with Crippen LogP contribution in [0.4, 0.5) is 0 Å². The van der Waals surface area contributed by atoms with Crippen molar-refractivity contribution in [2.75, 3.05) is 6.61 Å². The summed E-state index contributed by atoms with van der Waals surface area (Å²) >= 11 is 0. The predicted molar refractivity (Wildman–Crippen MR) is 55.9 cm³/mol. The zero-order chi connectivity index (χ0) is 10.2. The van der Waals surface area contributed by atoms with E-state index < -0.39 is 0 Å². The Bertz CT molecular complexity index is 149. The van der Waals surface area contributed by atoms with Crippen LogP contribution < -0.4 is 5.73 Å². The molecule has 14 heavy (non-hydrogen) atoms. The van der Waals surface area contributed by atoms with Crippen LogP contribution >= 0.6 is 0 Å². The van der Waals surface area contributed by atoms with E-state index in [2.05, 4.69) is 0 Å². The zero-order valence-corrected chi connectivity index (χ0v) is 8.84. The van der Waals surface area contributed by atoms with E-state index in [-0.39, 0.29) is 12.0 Å². The fourth-order valence-corrected chi connectivity index (χ4v) is 1.86. The van der Waals surface area contributed by atoms with E-state index in [0.717, 1.165) is 12.8 Å². The summed E-state index contributed by atoms with van der Waals surface area (Å²) in [5, 5.41) is 0. The summed E-state index contributed by atoms with van der Waals surface area (Å²) in [7, 11) is 0. The molecule has 1 atom stereocenters. The molecule has 3 nitrogen and oxygen atoms in total. The van der Waals surface area contributed by atoms with Crippen LogP contribution in [0.1, 0.15) is 51.4 Å². The second-order valence-electron chi connectivity index (χ2n) is 4.03. The van der Waals surface area contributed by atoms with E-state index in [1.807, 2.05) is 0 Å². The number of primary amides is 1. The van der Waals surface area contributed by atoms with E-state index in [1.54, 1.807) is 0 Å². The third-order valence-electron chi connectivity index (χ3n) is 2.75. The molecule has 2 fully saturated rings. The minimum atomic E-state index is -0.331. The summed E-state index contributed by atoms with van der Waals surface area (Å²) in [5.41, 5.74) is 4.93. The molecule has 0 aromatic heterocycles. The number of rotatable bonds is 1. The molecule has 1 amide bonds. The molecule has 0 bridgehead atoms. The summed E-state index contributed by atoms with van der Waals surface area (Å²) in [6.45, 7) is 0.688. The molecule has 2 aliphatic rings. The summed E-state index contributed by atoms with van der Waals surface area (Å²) in [4.78, 5) is 10.3. The van der Waals surface area contributed by atoms with Crippen molar-refractivity contribution < 1.29 is 9.53 Å². The highest BCUT2D eigenvalue weighted by Crippen LogP contribution is 2.15. The van der Waals surface area contributed by atoms with Gasteiger partial charge in [-0.25, -0.2) is 0 Å². The molecule has 3 heteroatoms. The second kappa shape index (κ2) is 6.82. The van der Waals surface area contributed by atoms with Gasteiger partial charge in [0.25, 0.3) is 0 Å². The Hall–Kier alpha value is -0.570. The van der Waals surface area contributed by atoms with Crippen LogP contribution in [0.5, 0.6) is 0 Å². The van der Waals surface area contributed by atoms with Gasteiger partial charge in [-0.1, -0.05) is 38.5 Å². The molecule has 0 aromatic carbocycles. The maximum Gasteiger partial charge on any atom is 0.246 e. The predicted octanol–water partition coefficient (Wildman–Crippen LogP) is 1.99. The van der Waals surface area contributed by atoms with Gasteiger partial charge in [0.05, 0.1) is 0 Å². The summed E-state index contributed by atoms with van der Waals surface area (Å²) in [6, 6.07) is 0. The first-order valence-corrected chi connectivity index (χ1v) is 5.71. The Morgan fingerprint density at radius 3 is 1.71 bits per heavy atom. The summed E-state index contributed by atoms with van der Waals surface area (Å²) < 4.78 is 4.94. The SMILES string of the molecule is C1CCCCC1.NC(=O)C1CCCO1. The van der Waals surface area contributed by atoms with Crippen molar-refractivity contribution in [2.24, 2.45) is 5.73 Å². The van der Waals surface area contributed by atoms with Crippen LogP contribution in [0, 0.1) is 0 Å². The normalized spacial score (nSPS) is 26.4. The number of carbonyl (C=O) groups excluding carboxylic acids is 1. The van der Waals surface area contributed by atoms with Gasteiger partial charge in [-0.05, 0) is 12.8 Å². The van der Waals surface area contributed by atoms with Crippen molar-refractivity contribution in [3.05, 3.63) is 0 Å². The van der Waals surface area contributed by atoms with Crippen LogP contribution in [0.25, 0.3) is 0 Å². The van der Waals surface area contributed by atoms with Crippen molar-refractivity contribution in [2.45, 2.75) is 57.5 Å². The van der Waals surface area contributed by atoms with Crippen molar-refractivity contribution in [1.29, 1.82) is 0 Å². The number of ether oxygens (including phenoxy) is 1. The smallest absolute Gasteiger partial charge is 0.246 e. The van der Waals surface area contributed by atoms with E-state index in [9.17, 15) is 4.79 Å². The molecule has 1 aliphatic carbocycles. The number of hydrogen-bond acceptors (Lipinski definition) is 2. The maximum absolute atomic E-state index is 10.3. The second-order valence-corrected chi connectivity index (χ2v) is 4.03. The molecule has 1 saturated heterocycles. The molecule has 1 saturated carbocycles. The van der Waals surface area contributed by atoms with Gasteiger partial charge in [-0.3, -0.25) is 4.79 Å². The number of hydrogen-bond donors (Lipinski definition) is 1. The van der Waals surface area contributed by atoms with Crippen LogP contribution in [-0.2, 0) is 9.53 Å². The van der Waals surface area contributed by atoms with Gasteiger partial charge in [-0.15, -0.1) is 0 Å². The fraction of sp³-hybridized carbons (Fsp3) is 0.909. The molecular formula is C11H21NO2. The maximum atomic E-state index is 10.3. The van der Waals surface area contributed by atoms with Gasteiger partial charge < -0.3 is 10.5 Å². The average Bonchev–Trinajstić information content (AvgIpc) is 2.74. The van der Waals surface area contributed by atoms with Gasteiger partial charge in [0.1, 0.15) is 6.10 Å². The highest BCUT2D eigenvalue weighted by Gasteiger charge is 2.19. The van der Waals surface area contributed by atoms with Gasteiger partial charge in [-0.2, -0.15) is 0 Å². The van der Waals surface area contributed by atoms with E-state index in [4.69, 9.17) is 10.5 Å². The van der Waals surface area contributed by atoms with E-state index in [1.165, 1.54) is 38.5 Å². The lowest BCUT2D eigenvalue weighted by Crippen LogP contribution is -2.27. The van der Waals surface area contributed by atoms with Gasteiger partial charge >= 0.3 is 0 Å². The minimum absolute atomic E-state index is 0.296. The Morgan fingerprint density at radius 1 is 1.00 bits per heavy atom. The number of carbonyl (C=O) groups is 1. The quantitative estimate of drug-likeness (QED) is 0.702. The molecule has 1 heterocycles. The monoisotopic (exact) mass is 199 g/mol. The zero-order valence-electron chi connectivity index (χ0n) is 8.84. The summed E-state index contributed by atoms with van der Waals surface area (Å²) in [5.74, 6) is -0.331. The van der Waals surface area contributed by atoms with E-state index >= 15 is 0 Å². The molecule has 1 aliphatic heterocycles. The average molecular weight is 199 g/mol. The molecular weight excluding hydrogens is 178 g/mol. The largest absolute Gasteiger partial charge is 0.368 e. The molecule has 1 unspecified atom stereocenters. The fourth-order valence-electron chi connectivity index (χ4n) is 1.86. The first-order valence-electron chi connectivity index (χ1n) is 5.71. The van der Waals surface area contributed by atoms with Crippen LogP contribution in [-0.4, -0.2) is 18.6 Å². The Balaban J connectivity index is 0.000000146. The van der Waals surface area contributed by atoms with Gasteiger partial charge in [0.2, 0.25) is 5.91 Å². The number of amides is 1. The molecule has 0 spiro atoms. The van der Waals surface area contributed by atoms with Crippen LogP contribution in [0.3, 0.4) is 0 Å². The number of nitrogens with two attached hydrogens (primary N) is 1. The minimum Gasteiger partial charge on any atom is -0.368 e. The van der Waals surface area contributed by atoms with Gasteiger partial charge in [0, 0.05) is 6.61 Å². The standard InChI is InChI=1S/C6H12.C5H9NO2/c1-2-4-6-5-3-1;6-5(7)4-2-1-3-8-4/h1-6H2;4H,1-3H2,(H2,6,7). The molecule has 2 N–H and O–H groups in total. The molecule has 0 radical (unpaired) electrons. The molecule has 2 rings (SSSR count). The topological polar surface area (TPSA) is 52.3 Å². The Kier molecular flexibility index (Phi) is 5.60. The highest BCUT2D eigenvalue weighted by molar-refractivity contribution is 5.78. The summed E-state index contributed by atoms with van der Waals surface area (Å²) in [6.07, 6.45) is 10.5. The van der Waals surface area contributed by atoms with Crippen LogP contribution in [0.2, 0.25) is 0 Å². The van der Waals surface area contributed by atoms with E-state index in [0.29, 0.717) is 6.61 Å².